The molecule has 0 aliphatic heterocycles. The van der Waals surface area contributed by atoms with Gasteiger partial charge in [-0.1, -0.05) is 40.2 Å². The fourth-order valence-corrected chi connectivity index (χ4v) is 1.49. The van der Waals surface area contributed by atoms with Crippen molar-refractivity contribution in [2.24, 2.45) is 0 Å². The molecule has 0 aromatic heterocycles. The first-order chi connectivity index (χ1) is 6.26. The van der Waals surface area contributed by atoms with Crippen LogP contribution in [0.1, 0.15) is 11.1 Å². The van der Waals surface area contributed by atoms with Gasteiger partial charge in [0.25, 0.3) is 0 Å². The second kappa shape index (κ2) is 5.40. The highest BCUT2D eigenvalue weighted by atomic mass is 79.9. The molecule has 0 amide bonds. The van der Waals surface area contributed by atoms with Gasteiger partial charge in [0.05, 0.1) is 5.88 Å². The third-order valence-electron chi connectivity index (χ3n) is 1.73. The quantitative estimate of drug-likeness (QED) is 0.762. The topological polar surface area (TPSA) is 17.1 Å². The molecule has 0 atom stereocenters. The molecule has 13 heavy (non-hydrogen) atoms. The number of hydrogen-bond acceptors (Lipinski definition) is 1. The van der Waals surface area contributed by atoms with E-state index in [0.29, 0.717) is 6.42 Å². The number of carbonyl (C=O) groups is 1. The summed E-state index contributed by atoms with van der Waals surface area (Å²) in [6, 6.07) is 7.93. The van der Waals surface area contributed by atoms with Crippen molar-refractivity contribution in [1.82, 2.24) is 0 Å². The average Bonchev–Trinajstić information content (AvgIpc) is 2.19. The van der Waals surface area contributed by atoms with Crippen molar-refractivity contribution in [3.63, 3.8) is 0 Å². The van der Waals surface area contributed by atoms with Crippen LogP contribution in [0.4, 0.5) is 0 Å². The Kier molecular flexibility index (Phi) is 4.46. The van der Waals surface area contributed by atoms with Crippen LogP contribution < -0.4 is 0 Å². The Bertz CT molecular complexity index is 281. The van der Waals surface area contributed by atoms with Gasteiger partial charge < -0.3 is 0 Å². The standard InChI is InChI=1S/C10H10BrClO/c11-6-9-3-1-8(2-4-9)5-10(13)7-12/h1-4H,5-7H2. The van der Waals surface area contributed by atoms with Crippen molar-refractivity contribution in [3.8, 4) is 0 Å². The fourth-order valence-electron chi connectivity index (χ4n) is 1.02. The van der Waals surface area contributed by atoms with E-state index in [2.05, 4.69) is 15.9 Å². The summed E-state index contributed by atoms with van der Waals surface area (Å²) in [5.41, 5.74) is 2.23. The van der Waals surface area contributed by atoms with Gasteiger partial charge in [-0.3, -0.25) is 4.79 Å². The Morgan fingerprint density at radius 3 is 2.23 bits per heavy atom. The molecular formula is C10H10BrClO. The first-order valence-corrected chi connectivity index (χ1v) is 5.63. The first kappa shape index (κ1) is 10.7. The zero-order valence-electron chi connectivity index (χ0n) is 7.09. The number of halogens is 2. The minimum Gasteiger partial charge on any atom is -0.298 e. The van der Waals surface area contributed by atoms with Crippen LogP contribution in [0, 0.1) is 0 Å². The number of carbonyl (C=O) groups excluding carboxylic acids is 1. The highest BCUT2D eigenvalue weighted by molar-refractivity contribution is 9.08. The SMILES string of the molecule is O=C(CCl)Cc1ccc(CBr)cc1. The van der Waals surface area contributed by atoms with E-state index in [1.165, 1.54) is 5.56 Å². The van der Waals surface area contributed by atoms with E-state index in [9.17, 15) is 4.79 Å². The summed E-state index contributed by atoms with van der Waals surface area (Å²) in [5.74, 6) is 0.161. The maximum atomic E-state index is 11.0. The van der Waals surface area contributed by atoms with E-state index in [-0.39, 0.29) is 11.7 Å². The lowest BCUT2D eigenvalue weighted by molar-refractivity contribution is -0.116. The fraction of sp³-hybridized carbons (Fsp3) is 0.300. The van der Waals surface area contributed by atoms with Crippen molar-refractivity contribution in [2.75, 3.05) is 5.88 Å². The first-order valence-electron chi connectivity index (χ1n) is 3.97. The zero-order chi connectivity index (χ0) is 9.68. The molecule has 0 unspecified atom stereocenters. The molecule has 1 rings (SSSR count). The van der Waals surface area contributed by atoms with E-state index in [4.69, 9.17) is 11.6 Å². The number of rotatable bonds is 4. The molecule has 1 aromatic rings. The Labute approximate surface area is 91.2 Å². The average molecular weight is 262 g/mol. The number of alkyl halides is 2. The van der Waals surface area contributed by atoms with Crippen molar-refractivity contribution in [2.45, 2.75) is 11.8 Å². The second-order valence-corrected chi connectivity index (χ2v) is 3.63. The van der Waals surface area contributed by atoms with E-state index in [1.54, 1.807) is 0 Å². The number of ketones is 1. The minimum atomic E-state index is 0.0632. The zero-order valence-corrected chi connectivity index (χ0v) is 9.44. The van der Waals surface area contributed by atoms with Gasteiger partial charge in [0.1, 0.15) is 0 Å². The summed E-state index contributed by atoms with van der Waals surface area (Å²) in [7, 11) is 0. The van der Waals surface area contributed by atoms with Crippen LogP contribution in [-0.4, -0.2) is 11.7 Å². The third kappa shape index (κ3) is 3.49. The van der Waals surface area contributed by atoms with Crippen LogP contribution in [0.5, 0.6) is 0 Å². The second-order valence-electron chi connectivity index (χ2n) is 2.80. The molecule has 0 aliphatic carbocycles. The number of Topliss-reactive ketones (excluding diaryl/α,β-unsaturated/α-hetero) is 1. The van der Waals surface area contributed by atoms with Crippen LogP contribution in [0.3, 0.4) is 0 Å². The predicted octanol–water partition coefficient (Wildman–Crippen LogP) is 2.93. The largest absolute Gasteiger partial charge is 0.298 e. The van der Waals surface area contributed by atoms with Crippen LogP contribution in [0.15, 0.2) is 24.3 Å². The summed E-state index contributed by atoms with van der Waals surface area (Å²) < 4.78 is 0. The van der Waals surface area contributed by atoms with Gasteiger partial charge >= 0.3 is 0 Å². The van der Waals surface area contributed by atoms with Gasteiger partial charge in [-0.05, 0) is 11.1 Å². The Morgan fingerprint density at radius 1 is 1.23 bits per heavy atom. The highest BCUT2D eigenvalue weighted by Crippen LogP contribution is 2.08. The molecule has 0 spiro atoms. The van der Waals surface area contributed by atoms with Gasteiger partial charge in [-0.2, -0.15) is 0 Å². The van der Waals surface area contributed by atoms with Crippen molar-refractivity contribution in [1.29, 1.82) is 0 Å². The normalized spacial score (nSPS) is 10.0. The summed E-state index contributed by atoms with van der Waals surface area (Å²) >= 11 is 8.76. The van der Waals surface area contributed by atoms with E-state index in [1.807, 2.05) is 24.3 Å². The maximum Gasteiger partial charge on any atom is 0.151 e. The van der Waals surface area contributed by atoms with Gasteiger partial charge in [0, 0.05) is 11.8 Å². The molecule has 1 aromatic carbocycles. The minimum absolute atomic E-state index is 0.0632. The lowest BCUT2D eigenvalue weighted by Crippen LogP contribution is -2.03. The predicted molar refractivity (Wildman–Crippen MR) is 58.5 cm³/mol. The van der Waals surface area contributed by atoms with E-state index < -0.39 is 0 Å². The highest BCUT2D eigenvalue weighted by Gasteiger charge is 2.01. The van der Waals surface area contributed by atoms with Crippen LogP contribution in [0.25, 0.3) is 0 Å². The summed E-state index contributed by atoms with van der Waals surface area (Å²) in [6.07, 6.45) is 0.437. The molecule has 0 bridgehead atoms. The summed E-state index contributed by atoms with van der Waals surface area (Å²) in [5, 5.41) is 0.844. The number of benzene rings is 1. The van der Waals surface area contributed by atoms with Gasteiger partial charge in [0.2, 0.25) is 0 Å². The summed E-state index contributed by atoms with van der Waals surface area (Å²) in [6.45, 7) is 0. The van der Waals surface area contributed by atoms with E-state index in [0.717, 1.165) is 10.9 Å². The van der Waals surface area contributed by atoms with Gasteiger partial charge in [-0.25, -0.2) is 0 Å². The molecule has 1 nitrogen and oxygen atoms in total. The molecule has 0 fully saturated rings. The Hall–Kier alpha value is -0.340. The van der Waals surface area contributed by atoms with E-state index >= 15 is 0 Å². The lowest BCUT2D eigenvalue weighted by atomic mass is 10.1. The van der Waals surface area contributed by atoms with Gasteiger partial charge in [0.15, 0.2) is 5.78 Å². The van der Waals surface area contributed by atoms with Crippen LogP contribution in [0.2, 0.25) is 0 Å². The molecule has 3 heteroatoms. The third-order valence-corrected chi connectivity index (χ3v) is 2.67. The van der Waals surface area contributed by atoms with Crippen molar-refractivity contribution < 1.29 is 4.79 Å². The molecule has 0 saturated heterocycles. The molecular weight excluding hydrogens is 251 g/mol. The molecule has 0 heterocycles. The van der Waals surface area contributed by atoms with Crippen LogP contribution in [-0.2, 0) is 16.5 Å². The molecule has 0 radical (unpaired) electrons. The lowest BCUT2D eigenvalue weighted by Gasteiger charge is -1.99. The smallest absolute Gasteiger partial charge is 0.151 e. The Morgan fingerprint density at radius 2 is 1.77 bits per heavy atom. The Balaban J connectivity index is 2.64. The van der Waals surface area contributed by atoms with Crippen molar-refractivity contribution in [3.05, 3.63) is 35.4 Å². The molecule has 70 valence electrons. The van der Waals surface area contributed by atoms with Crippen LogP contribution >= 0.6 is 27.5 Å². The van der Waals surface area contributed by atoms with Crippen molar-refractivity contribution >= 4 is 33.3 Å². The molecule has 0 saturated carbocycles. The monoisotopic (exact) mass is 260 g/mol. The summed E-state index contributed by atoms with van der Waals surface area (Å²) in [4.78, 5) is 11.0. The molecule has 0 N–H and O–H groups in total. The molecule has 0 aliphatic rings. The van der Waals surface area contributed by atoms with Gasteiger partial charge in [-0.15, -0.1) is 11.6 Å². The maximum absolute atomic E-state index is 11.0. The number of hydrogen-bond donors (Lipinski definition) is 0.